The first-order valence-corrected chi connectivity index (χ1v) is 9.21. The number of likely N-dealkylation sites (N-methyl/N-ethyl adjacent to an activating group) is 1. The molecule has 1 fully saturated rings. The standard InChI is InChI=1S/C18H35N3O3.ClH/c1-7-19(12-17(22)23)16-8-10-20(11-9-16)15(6)18(24)21(13(2)3)14(4)5;/h13-16H,7-12H2,1-6H3,(H,22,23);1H. The molecule has 7 heteroatoms. The fraction of sp³-hybridized carbons (Fsp3) is 0.889. The van der Waals surface area contributed by atoms with Crippen LogP contribution in [0.5, 0.6) is 0 Å². The van der Waals surface area contributed by atoms with Crippen molar-refractivity contribution < 1.29 is 14.7 Å². The van der Waals surface area contributed by atoms with Crippen LogP contribution in [0, 0.1) is 0 Å². The van der Waals surface area contributed by atoms with Crippen LogP contribution in [0.2, 0.25) is 0 Å². The Kier molecular flexibility index (Phi) is 10.6. The summed E-state index contributed by atoms with van der Waals surface area (Å²) in [7, 11) is 0. The Morgan fingerprint density at radius 1 is 1.08 bits per heavy atom. The van der Waals surface area contributed by atoms with Crippen LogP contribution in [-0.4, -0.2) is 82.0 Å². The Morgan fingerprint density at radius 3 is 1.92 bits per heavy atom. The maximum absolute atomic E-state index is 12.8. The van der Waals surface area contributed by atoms with Gasteiger partial charge in [-0.3, -0.25) is 19.4 Å². The normalized spacial score (nSPS) is 17.6. The minimum Gasteiger partial charge on any atom is -0.480 e. The van der Waals surface area contributed by atoms with Crippen molar-refractivity contribution in [2.75, 3.05) is 26.2 Å². The summed E-state index contributed by atoms with van der Waals surface area (Å²) in [4.78, 5) is 30.0. The first kappa shape index (κ1) is 24.1. The van der Waals surface area contributed by atoms with E-state index < -0.39 is 5.97 Å². The Morgan fingerprint density at radius 2 is 1.56 bits per heavy atom. The van der Waals surface area contributed by atoms with Crippen molar-refractivity contribution in [3.8, 4) is 0 Å². The molecule has 0 spiro atoms. The van der Waals surface area contributed by atoms with Crippen molar-refractivity contribution in [2.24, 2.45) is 0 Å². The summed E-state index contributed by atoms with van der Waals surface area (Å²) < 4.78 is 0. The Labute approximate surface area is 158 Å². The molecule has 0 saturated carbocycles. The molecule has 1 rings (SSSR count). The van der Waals surface area contributed by atoms with Crippen LogP contribution < -0.4 is 0 Å². The van der Waals surface area contributed by atoms with Crippen LogP contribution in [0.1, 0.15) is 54.4 Å². The van der Waals surface area contributed by atoms with E-state index >= 15 is 0 Å². The molecule has 1 aliphatic rings. The number of likely N-dealkylation sites (tertiary alicyclic amines) is 1. The average molecular weight is 378 g/mol. The van der Waals surface area contributed by atoms with Gasteiger partial charge >= 0.3 is 5.97 Å². The van der Waals surface area contributed by atoms with Gasteiger partial charge < -0.3 is 10.0 Å². The number of piperidine rings is 1. The molecule has 1 amide bonds. The van der Waals surface area contributed by atoms with E-state index in [1.807, 2.05) is 23.6 Å². The summed E-state index contributed by atoms with van der Waals surface area (Å²) in [5.41, 5.74) is 0. The zero-order valence-corrected chi connectivity index (χ0v) is 17.4. The summed E-state index contributed by atoms with van der Waals surface area (Å²) in [5.74, 6) is -0.580. The zero-order chi connectivity index (χ0) is 18.4. The highest BCUT2D eigenvalue weighted by Gasteiger charge is 2.32. The number of carboxylic acids is 1. The number of halogens is 1. The molecule has 1 saturated heterocycles. The number of carbonyl (C=O) groups excluding carboxylic acids is 1. The van der Waals surface area contributed by atoms with E-state index in [9.17, 15) is 9.59 Å². The summed E-state index contributed by atoms with van der Waals surface area (Å²) in [6, 6.07) is 0.577. The molecule has 1 atom stereocenters. The van der Waals surface area contributed by atoms with E-state index in [2.05, 4.69) is 32.6 Å². The summed E-state index contributed by atoms with van der Waals surface area (Å²) in [5, 5.41) is 9.02. The van der Waals surface area contributed by atoms with Crippen LogP contribution in [0.25, 0.3) is 0 Å². The molecule has 0 aliphatic carbocycles. The average Bonchev–Trinajstić information content (AvgIpc) is 2.51. The first-order valence-electron chi connectivity index (χ1n) is 9.21. The second-order valence-corrected chi connectivity index (χ2v) is 7.33. The van der Waals surface area contributed by atoms with Crippen molar-refractivity contribution in [1.82, 2.24) is 14.7 Å². The molecule has 25 heavy (non-hydrogen) atoms. The number of hydrogen-bond acceptors (Lipinski definition) is 4. The summed E-state index contributed by atoms with van der Waals surface area (Å²) >= 11 is 0. The van der Waals surface area contributed by atoms with Gasteiger partial charge in [0.15, 0.2) is 0 Å². The highest BCUT2D eigenvalue weighted by Crippen LogP contribution is 2.20. The van der Waals surface area contributed by atoms with Crippen molar-refractivity contribution in [2.45, 2.75) is 78.6 Å². The van der Waals surface area contributed by atoms with Gasteiger partial charge in [0, 0.05) is 31.2 Å². The van der Waals surface area contributed by atoms with E-state index in [4.69, 9.17) is 5.11 Å². The molecule has 6 nitrogen and oxygen atoms in total. The Bertz CT molecular complexity index is 416. The SMILES string of the molecule is CCN(CC(=O)O)C1CCN(C(C)C(=O)N(C(C)C)C(C)C)CC1.Cl. The molecule has 1 unspecified atom stereocenters. The van der Waals surface area contributed by atoms with Crippen LogP contribution in [-0.2, 0) is 9.59 Å². The minimum atomic E-state index is -0.771. The first-order chi connectivity index (χ1) is 11.2. The molecule has 0 aromatic rings. The monoisotopic (exact) mass is 377 g/mol. The van der Waals surface area contributed by atoms with Gasteiger partial charge in [0.2, 0.25) is 5.91 Å². The second-order valence-electron chi connectivity index (χ2n) is 7.33. The van der Waals surface area contributed by atoms with E-state index in [0.29, 0.717) is 6.04 Å². The molecule has 0 aromatic carbocycles. The zero-order valence-electron chi connectivity index (χ0n) is 16.6. The molecule has 1 aliphatic heterocycles. The highest BCUT2D eigenvalue weighted by molar-refractivity contribution is 5.85. The lowest BCUT2D eigenvalue weighted by Crippen LogP contribution is -2.55. The smallest absolute Gasteiger partial charge is 0.317 e. The predicted octanol–water partition coefficient (Wildman–Crippen LogP) is 2.31. The van der Waals surface area contributed by atoms with Crippen LogP contribution in [0.4, 0.5) is 0 Å². The van der Waals surface area contributed by atoms with Gasteiger partial charge in [0.05, 0.1) is 12.6 Å². The van der Waals surface area contributed by atoms with Crippen LogP contribution in [0.15, 0.2) is 0 Å². The van der Waals surface area contributed by atoms with Gasteiger partial charge in [-0.2, -0.15) is 0 Å². The van der Waals surface area contributed by atoms with Crippen LogP contribution in [0.3, 0.4) is 0 Å². The second kappa shape index (κ2) is 11.0. The van der Waals surface area contributed by atoms with Crippen molar-refractivity contribution >= 4 is 24.3 Å². The third-order valence-electron chi connectivity index (χ3n) is 5.03. The van der Waals surface area contributed by atoms with E-state index in [1.54, 1.807) is 0 Å². The van der Waals surface area contributed by atoms with Crippen molar-refractivity contribution in [1.29, 1.82) is 0 Å². The van der Waals surface area contributed by atoms with Gasteiger partial charge in [-0.15, -0.1) is 12.4 Å². The maximum atomic E-state index is 12.8. The topological polar surface area (TPSA) is 64.1 Å². The predicted molar refractivity (Wildman–Crippen MR) is 103 cm³/mol. The third kappa shape index (κ3) is 6.76. The highest BCUT2D eigenvalue weighted by atomic mass is 35.5. The number of carbonyl (C=O) groups is 2. The Balaban J connectivity index is 0.00000576. The van der Waals surface area contributed by atoms with Gasteiger partial charge in [-0.25, -0.2) is 0 Å². The number of nitrogens with zero attached hydrogens (tertiary/aromatic N) is 3. The lowest BCUT2D eigenvalue weighted by Gasteiger charge is -2.42. The molecule has 1 N–H and O–H groups in total. The van der Waals surface area contributed by atoms with E-state index in [0.717, 1.165) is 32.5 Å². The van der Waals surface area contributed by atoms with Crippen molar-refractivity contribution in [3.63, 3.8) is 0 Å². The fourth-order valence-electron chi connectivity index (χ4n) is 3.79. The molecule has 148 valence electrons. The summed E-state index contributed by atoms with van der Waals surface area (Å²) in [6.45, 7) is 14.8. The third-order valence-corrected chi connectivity index (χ3v) is 5.03. The van der Waals surface area contributed by atoms with Gasteiger partial charge in [0.1, 0.15) is 0 Å². The number of carboxylic acid groups (broad SMARTS) is 1. The van der Waals surface area contributed by atoms with Crippen molar-refractivity contribution in [3.05, 3.63) is 0 Å². The molecular weight excluding hydrogens is 342 g/mol. The fourth-order valence-corrected chi connectivity index (χ4v) is 3.79. The summed E-state index contributed by atoms with van der Waals surface area (Å²) in [6.07, 6.45) is 1.84. The minimum absolute atomic E-state index is 0. The number of rotatable bonds is 8. The van der Waals surface area contributed by atoms with E-state index in [1.165, 1.54) is 0 Å². The van der Waals surface area contributed by atoms with E-state index in [-0.39, 0.29) is 43.0 Å². The largest absolute Gasteiger partial charge is 0.480 e. The maximum Gasteiger partial charge on any atom is 0.317 e. The lowest BCUT2D eigenvalue weighted by atomic mass is 10.0. The quantitative estimate of drug-likeness (QED) is 0.703. The van der Waals surface area contributed by atoms with Gasteiger partial charge in [0.25, 0.3) is 0 Å². The van der Waals surface area contributed by atoms with Gasteiger partial charge in [-0.1, -0.05) is 6.92 Å². The van der Waals surface area contributed by atoms with Gasteiger partial charge in [-0.05, 0) is 54.0 Å². The molecule has 1 heterocycles. The Hall–Kier alpha value is -0.850. The number of hydrogen-bond donors (Lipinski definition) is 1. The lowest BCUT2D eigenvalue weighted by molar-refractivity contribution is -0.140. The van der Waals surface area contributed by atoms with Crippen LogP contribution >= 0.6 is 12.4 Å². The molecular formula is C18H36ClN3O3. The molecule has 0 bridgehead atoms. The molecule has 0 aromatic heterocycles. The molecule has 0 radical (unpaired) electrons. The number of aliphatic carboxylic acids is 1. The number of amides is 1.